The Morgan fingerprint density at radius 1 is 1.00 bits per heavy atom. The number of fused-ring (bicyclic) bond motifs is 1. The molecule has 1 atom stereocenters. The van der Waals surface area contributed by atoms with Crippen LogP contribution in [0.15, 0.2) is 66.0 Å². The van der Waals surface area contributed by atoms with Crippen LogP contribution in [0.25, 0.3) is 21.2 Å². The van der Waals surface area contributed by atoms with Crippen molar-refractivity contribution in [2.45, 2.75) is 39.2 Å². The lowest BCUT2D eigenvalue weighted by atomic mass is 9.96. The molecule has 0 spiro atoms. The van der Waals surface area contributed by atoms with Crippen molar-refractivity contribution in [2.24, 2.45) is 0 Å². The molecule has 4 aromatic rings. The SMILES string of the molecule is CC#C[C@@H](CC(=O)O)c1ccc(OCc2ccc3scc(-c4ccc(OCCCS(C)(=O)=O)cc4C)c3c2)cc1. The fourth-order valence-corrected chi connectivity index (χ4v) is 6.06. The highest BCUT2D eigenvalue weighted by Gasteiger charge is 2.14. The second-order valence-corrected chi connectivity index (χ2v) is 12.9. The molecular weight excluding hydrogens is 544 g/mol. The number of hydrogen-bond donors (Lipinski definition) is 1. The molecule has 0 amide bonds. The van der Waals surface area contributed by atoms with Gasteiger partial charge >= 0.3 is 5.97 Å². The van der Waals surface area contributed by atoms with E-state index in [1.165, 1.54) is 11.0 Å². The van der Waals surface area contributed by atoms with Crippen molar-refractivity contribution in [2.75, 3.05) is 18.6 Å². The van der Waals surface area contributed by atoms with Gasteiger partial charge in [-0.05, 0) is 84.3 Å². The van der Waals surface area contributed by atoms with Crippen LogP contribution in [0.1, 0.15) is 42.4 Å². The third-order valence-electron chi connectivity index (χ3n) is 6.44. The summed E-state index contributed by atoms with van der Waals surface area (Å²) >= 11 is 1.69. The van der Waals surface area contributed by atoms with Crippen LogP contribution in [0.5, 0.6) is 11.5 Å². The number of ether oxygens (including phenoxy) is 2. The standard InChI is InChI=1S/C32H32O6S2/c1-4-6-25(19-32(33)34)24-8-10-26(11-9-24)38-20-23-7-14-31-29(18-23)30(21-39-31)28-13-12-27(17-22(28)2)37-15-5-16-40(3,35)36/h7-14,17-18,21,25H,5,15-16,19-20H2,1-3H3,(H,33,34)/t25-/m0/s1. The number of aryl methyl sites for hydroxylation is 1. The van der Waals surface area contributed by atoms with Gasteiger partial charge in [0.25, 0.3) is 0 Å². The van der Waals surface area contributed by atoms with Gasteiger partial charge < -0.3 is 14.6 Å². The number of thiophene rings is 1. The van der Waals surface area contributed by atoms with E-state index in [4.69, 9.17) is 14.6 Å². The van der Waals surface area contributed by atoms with Crippen LogP contribution >= 0.6 is 11.3 Å². The maximum absolute atomic E-state index is 11.3. The van der Waals surface area contributed by atoms with Crippen molar-refractivity contribution < 1.29 is 27.8 Å². The van der Waals surface area contributed by atoms with Gasteiger partial charge in [0.1, 0.15) is 27.9 Å². The summed E-state index contributed by atoms with van der Waals surface area (Å²) in [5.41, 5.74) is 5.24. The number of aliphatic carboxylic acids is 1. The zero-order valence-corrected chi connectivity index (χ0v) is 24.4. The lowest BCUT2D eigenvalue weighted by Crippen LogP contribution is -2.08. The Labute approximate surface area is 239 Å². The number of sulfone groups is 1. The van der Waals surface area contributed by atoms with Crippen LogP contribution in [0.2, 0.25) is 0 Å². The van der Waals surface area contributed by atoms with E-state index in [2.05, 4.69) is 35.4 Å². The zero-order valence-electron chi connectivity index (χ0n) is 22.8. The monoisotopic (exact) mass is 576 g/mol. The summed E-state index contributed by atoms with van der Waals surface area (Å²) in [7, 11) is -2.99. The average molecular weight is 577 g/mol. The number of carbonyl (C=O) groups is 1. The maximum Gasteiger partial charge on any atom is 0.304 e. The third kappa shape index (κ3) is 7.87. The second-order valence-electron chi connectivity index (χ2n) is 9.69. The van der Waals surface area contributed by atoms with Crippen LogP contribution in [-0.2, 0) is 21.2 Å². The highest BCUT2D eigenvalue weighted by atomic mass is 32.2. The maximum atomic E-state index is 11.3. The van der Waals surface area contributed by atoms with E-state index in [1.807, 2.05) is 49.4 Å². The molecule has 0 bridgehead atoms. The number of rotatable bonds is 12. The summed E-state index contributed by atoms with van der Waals surface area (Å²) in [6, 6.07) is 19.7. The Morgan fingerprint density at radius 3 is 2.42 bits per heavy atom. The Kier molecular flexibility index (Phi) is 9.51. The van der Waals surface area contributed by atoms with Crippen LogP contribution < -0.4 is 9.47 Å². The summed E-state index contributed by atoms with van der Waals surface area (Å²) in [6.07, 6.45) is 1.66. The van der Waals surface area contributed by atoms with Gasteiger partial charge in [0.05, 0.1) is 24.7 Å². The molecule has 0 fully saturated rings. The third-order valence-corrected chi connectivity index (χ3v) is 8.43. The number of benzene rings is 3. The molecule has 6 nitrogen and oxygen atoms in total. The fourth-order valence-electron chi connectivity index (χ4n) is 4.48. The predicted molar refractivity (Wildman–Crippen MR) is 161 cm³/mol. The molecule has 0 unspecified atom stereocenters. The molecule has 0 aliphatic rings. The minimum atomic E-state index is -2.99. The lowest BCUT2D eigenvalue weighted by Gasteiger charge is -2.12. The smallest absolute Gasteiger partial charge is 0.304 e. The average Bonchev–Trinajstić information content (AvgIpc) is 3.32. The first-order valence-electron chi connectivity index (χ1n) is 12.9. The minimum Gasteiger partial charge on any atom is -0.494 e. The Morgan fingerprint density at radius 2 is 1.75 bits per heavy atom. The van der Waals surface area contributed by atoms with Crippen LogP contribution in [0.4, 0.5) is 0 Å². The molecular formula is C32H32O6S2. The molecule has 3 aromatic carbocycles. The van der Waals surface area contributed by atoms with Gasteiger partial charge in [-0.1, -0.05) is 30.2 Å². The molecule has 0 aliphatic carbocycles. The number of carboxylic acids is 1. The van der Waals surface area contributed by atoms with Crippen molar-refractivity contribution in [3.63, 3.8) is 0 Å². The molecule has 8 heteroatoms. The molecule has 1 N–H and O–H groups in total. The first kappa shape index (κ1) is 29.2. The van der Waals surface area contributed by atoms with Crippen molar-refractivity contribution in [3.05, 3.63) is 82.7 Å². The van der Waals surface area contributed by atoms with Gasteiger partial charge in [0, 0.05) is 21.9 Å². The Bertz CT molecular complexity index is 1660. The van der Waals surface area contributed by atoms with Crippen LogP contribution in [-0.4, -0.2) is 38.1 Å². The van der Waals surface area contributed by atoms with Gasteiger partial charge in [-0.2, -0.15) is 0 Å². The van der Waals surface area contributed by atoms with E-state index in [0.29, 0.717) is 25.4 Å². The predicted octanol–water partition coefficient (Wildman–Crippen LogP) is 6.85. The molecule has 0 saturated carbocycles. The summed E-state index contributed by atoms with van der Waals surface area (Å²) in [5.74, 6) is 6.10. The topological polar surface area (TPSA) is 89.9 Å². The van der Waals surface area contributed by atoms with E-state index in [9.17, 15) is 13.2 Å². The van der Waals surface area contributed by atoms with Crippen LogP contribution in [0, 0.1) is 18.8 Å². The molecule has 1 aromatic heterocycles. The molecule has 1 heterocycles. The first-order valence-corrected chi connectivity index (χ1v) is 15.9. The normalized spacial score (nSPS) is 12.0. The zero-order chi connectivity index (χ0) is 28.7. The van der Waals surface area contributed by atoms with Gasteiger partial charge in [0.15, 0.2) is 0 Å². The largest absolute Gasteiger partial charge is 0.494 e. The molecule has 40 heavy (non-hydrogen) atoms. The summed E-state index contributed by atoms with van der Waals surface area (Å²) in [5, 5.41) is 12.5. The van der Waals surface area contributed by atoms with Gasteiger partial charge in [0.2, 0.25) is 0 Å². The van der Waals surface area contributed by atoms with Gasteiger partial charge in [-0.25, -0.2) is 8.42 Å². The Balaban J connectivity index is 1.44. The second kappa shape index (κ2) is 13.0. The van der Waals surface area contributed by atoms with Crippen molar-refractivity contribution >= 4 is 37.2 Å². The minimum absolute atomic E-state index is 0.0371. The molecule has 4 rings (SSSR count). The molecule has 208 valence electrons. The summed E-state index contributed by atoms with van der Waals surface area (Å²) in [6.45, 7) is 4.51. The number of hydrogen-bond acceptors (Lipinski definition) is 6. The van der Waals surface area contributed by atoms with E-state index in [0.717, 1.165) is 39.0 Å². The van der Waals surface area contributed by atoms with Crippen molar-refractivity contribution in [1.29, 1.82) is 0 Å². The van der Waals surface area contributed by atoms with E-state index in [-0.39, 0.29) is 18.1 Å². The van der Waals surface area contributed by atoms with E-state index >= 15 is 0 Å². The summed E-state index contributed by atoms with van der Waals surface area (Å²) in [4.78, 5) is 11.2. The summed E-state index contributed by atoms with van der Waals surface area (Å²) < 4.78 is 35.6. The first-order chi connectivity index (χ1) is 19.1. The van der Waals surface area contributed by atoms with E-state index < -0.39 is 15.8 Å². The van der Waals surface area contributed by atoms with Crippen LogP contribution in [0.3, 0.4) is 0 Å². The molecule has 0 radical (unpaired) electrons. The highest BCUT2D eigenvalue weighted by Crippen LogP contribution is 2.37. The fraction of sp³-hybridized carbons (Fsp3) is 0.281. The quantitative estimate of drug-likeness (QED) is 0.147. The van der Waals surface area contributed by atoms with Gasteiger partial charge in [-0.3, -0.25) is 4.79 Å². The highest BCUT2D eigenvalue weighted by molar-refractivity contribution is 7.90. The van der Waals surface area contributed by atoms with Gasteiger partial charge in [-0.15, -0.1) is 17.3 Å². The number of carboxylic acid groups (broad SMARTS) is 1. The van der Waals surface area contributed by atoms with Crippen molar-refractivity contribution in [1.82, 2.24) is 0 Å². The molecule has 0 aliphatic heterocycles. The molecule has 0 saturated heterocycles. The van der Waals surface area contributed by atoms with E-state index in [1.54, 1.807) is 18.3 Å². The lowest BCUT2D eigenvalue weighted by molar-refractivity contribution is -0.137. The Hall–Kier alpha value is -3.80. The van der Waals surface area contributed by atoms with Crippen molar-refractivity contribution in [3.8, 4) is 34.5 Å².